The minimum absolute atomic E-state index is 0.0536. The van der Waals surface area contributed by atoms with Gasteiger partial charge in [-0.3, -0.25) is 18.6 Å². The van der Waals surface area contributed by atoms with Crippen molar-refractivity contribution in [3.05, 3.63) is 34.6 Å². The first-order valence-corrected chi connectivity index (χ1v) is 10.8. The molecule has 0 atom stereocenters. The van der Waals surface area contributed by atoms with Crippen molar-refractivity contribution in [2.45, 2.75) is 57.7 Å². The third-order valence-electron chi connectivity index (χ3n) is 4.54. The maximum Gasteiger partial charge on any atom is 0.316 e. The van der Waals surface area contributed by atoms with Crippen LogP contribution in [0.15, 0.2) is 34.2 Å². The van der Waals surface area contributed by atoms with Crippen LogP contribution < -0.4 is 5.56 Å². The molecule has 0 aliphatic heterocycles. The van der Waals surface area contributed by atoms with E-state index >= 15 is 0 Å². The lowest BCUT2D eigenvalue weighted by Crippen LogP contribution is -2.23. The zero-order chi connectivity index (χ0) is 19.9. The smallest absolute Gasteiger partial charge is 0.316 e. The van der Waals surface area contributed by atoms with Crippen molar-refractivity contribution >= 4 is 34.4 Å². The van der Waals surface area contributed by atoms with Crippen molar-refractivity contribution in [3.63, 3.8) is 0 Å². The predicted octanol–water partition coefficient (Wildman–Crippen LogP) is 3.67. The Morgan fingerprint density at radius 3 is 2.68 bits per heavy atom. The van der Waals surface area contributed by atoms with Gasteiger partial charge >= 0.3 is 5.97 Å². The molecule has 0 aliphatic carbocycles. The maximum atomic E-state index is 13.0. The average Bonchev–Trinajstić information content (AvgIpc) is 3.13. The summed E-state index contributed by atoms with van der Waals surface area (Å²) in [6, 6.07) is 7.44. The van der Waals surface area contributed by atoms with Crippen molar-refractivity contribution in [1.29, 1.82) is 0 Å². The van der Waals surface area contributed by atoms with E-state index in [2.05, 4.69) is 24.0 Å². The van der Waals surface area contributed by atoms with Crippen LogP contribution in [0, 0.1) is 0 Å². The van der Waals surface area contributed by atoms with Crippen molar-refractivity contribution in [1.82, 2.24) is 19.2 Å². The third-order valence-corrected chi connectivity index (χ3v) is 5.45. The number of benzene rings is 1. The Hall–Kier alpha value is -2.35. The molecule has 0 fully saturated rings. The molecule has 0 unspecified atom stereocenters. The Morgan fingerprint density at radius 1 is 1.11 bits per heavy atom. The van der Waals surface area contributed by atoms with E-state index in [9.17, 15) is 9.59 Å². The molecule has 0 saturated carbocycles. The summed E-state index contributed by atoms with van der Waals surface area (Å²) in [6.45, 7) is 5.22. The molecule has 28 heavy (non-hydrogen) atoms. The molecule has 150 valence electrons. The molecule has 7 nitrogen and oxygen atoms in total. The van der Waals surface area contributed by atoms with Gasteiger partial charge in [0, 0.05) is 6.54 Å². The topological polar surface area (TPSA) is 78.5 Å². The molecule has 8 heteroatoms. The van der Waals surface area contributed by atoms with Gasteiger partial charge in [-0.05, 0) is 25.0 Å². The predicted molar refractivity (Wildman–Crippen MR) is 111 cm³/mol. The number of hydrogen-bond acceptors (Lipinski definition) is 6. The summed E-state index contributed by atoms with van der Waals surface area (Å²) < 4.78 is 8.77. The highest BCUT2D eigenvalue weighted by atomic mass is 32.2. The van der Waals surface area contributed by atoms with Gasteiger partial charge in [-0.25, -0.2) is 0 Å². The summed E-state index contributed by atoms with van der Waals surface area (Å²) >= 11 is 1.28. The van der Waals surface area contributed by atoms with E-state index in [1.54, 1.807) is 4.57 Å². The molecular formula is C20H26N4O3S. The molecule has 3 rings (SSSR count). The monoisotopic (exact) mass is 402 g/mol. The van der Waals surface area contributed by atoms with E-state index in [0.29, 0.717) is 29.5 Å². The van der Waals surface area contributed by atoms with Gasteiger partial charge in [-0.2, -0.15) is 0 Å². The minimum Gasteiger partial charge on any atom is -0.465 e. The molecule has 2 aromatic heterocycles. The zero-order valence-electron chi connectivity index (χ0n) is 16.4. The normalized spacial score (nSPS) is 11.4. The highest BCUT2D eigenvalue weighted by Crippen LogP contribution is 2.22. The molecular weight excluding hydrogens is 376 g/mol. The van der Waals surface area contributed by atoms with Crippen molar-refractivity contribution in [2.24, 2.45) is 0 Å². The lowest BCUT2D eigenvalue weighted by molar-refractivity contribution is -0.140. The number of esters is 1. The van der Waals surface area contributed by atoms with E-state index in [1.165, 1.54) is 11.8 Å². The van der Waals surface area contributed by atoms with Crippen molar-refractivity contribution in [3.8, 4) is 0 Å². The maximum absolute atomic E-state index is 13.0. The molecule has 0 bridgehead atoms. The van der Waals surface area contributed by atoms with E-state index < -0.39 is 0 Å². The van der Waals surface area contributed by atoms with Crippen LogP contribution in [0.5, 0.6) is 0 Å². The van der Waals surface area contributed by atoms with Crippen LogP contribution in [-0.4, -0.2) is 37.5 Å². The molecule has 1 aromatic carbocycles. The number of hydrogen-bond donors (Lipinski definition) is 0. The summed E-state index contributed by atoms with van der Waals surface area (Å²) in [5, 5.41) is 9.73. The fourth-order valence-electron chi connectivity index (χ4n) is 3.04. The van der Waals surface area contributed by atoms with Gasteiger partial charge in [0.1, 0.15) is 0 Å². The Bertz CT molecular complexity index is 1010. The van der Waals surface area contributed by atoms with Crippen LogP contribution in [0.25, 0.3) is 16.7 Å². The quantitative estimate of drug-likeness (QED) is 0.292. The summed E-state index contributed by atoms with van der Waals surface area (Å²) in [6.07, 6.45) is 4.87. The lowest BCUT2D eigenvalue weighted by Gasteiger charge is -2.11. The number of nitrogens with zero attached hydrogens (tertiary/aromatic N) is 4. The Kier molecular flexibility index (Phi) is 7.08. The SMILES string of the molecule is CCCCCn1c(=O)c2ccccc2n2c(SCC(=O)OCCCC)nnc12. The number of carbonyl (C=O) groups excluding carboxylic acids is 1. The number of unbranched alkanes of at least 4 members (excludes halogenated alkanes) is 3. The van der Waals surface area contributed by atoms with Gasteiger partial charge in [-0.15, -0.1) is 10.2 Å². The summed E-state index contributed by atoms with van der Waals surface area (Å²) in [4.78, 5) is 24.9. The standard InChI is InChI=1S/C20H26N4O3S/c1-3-5-9-12-23-18(26)15-10-7-8-11-16(15)24-19(23)21-22-20(24)28-14-17(25)27-13-6-4-2/h7-8,10-11H,3-6,9,12-14H2,1-2H3. The van der Waals surface area contributed by atoms with E-state index in [0.717, 1.165) is 37.6 Å². The number of thioether (sulfide) groups is 1. The second kappa shape index (κ2) is 9.73. The summed E-state index contributed by atoms with van der Waals surface area (Å²) in [5.41, 5.74) is 0.697. The van der Waals surface area contributed by atoms with Crippen molar-refractivity contribution < 1.29 is 9.53 Å². The molecule has 2 heterocycles. The number of rotatable bonds is 10. The van der Waals surface area contributed by atoms with E-state index in [1.807, 2.05) is 28.7 Å². The molecule has 0 amide bonds. The Balaban J connectivity index is 1.94. The number of aryl methyl sites for hydroxylation is 1. The van der Waals surface area contributed by atoms with Crippen LogP contribution in [-0.2, 0) is 16.1 Å². The highest BCUT2D eigenvalue weighted by molar-refractivity contribution is 7.99. The Morgan fingerprint density at radius 2 is 1.89 bits per heavy atom. The first kappa shape index (κ1) is 20.4. The van der Waals surface area contributed by atoms with Gasteiger partial charge in [0.2, 0.25) is 5.78 Å². The van der Waals surface area contributed by atoms with Crippen LogP contribution in [0.1, 0.15) is 46.0 Å². The molecule has 0 saturated heterocycles. The second-order valence-corrected chi connectivity index (χ2v) is 7.60. The first-order valence-electron chi connectivity index (χ1n) is 9.82. The third kappa shape index (κ3) is 4.38. The highest BCUT2D eigenvalue weighted by Gasteiger charge is 2.17. The van der Waals surface area contributed by atoms with Gasteiger partial charge in [0.15, 0.2) is 5.16 Å². The molecule has 3 aromatic rings. The number of aromatic nitrogens is 4. The van der Waals surface area contributed by atoms with Crippen LogP contribution >= 0.6 is 11.8 Å². The average molecular weight is 403 g/mol. The van der Waals surface area contributed by atoms with Gasteiger partial charge in [-0.1, -0.05) is 57.0 Å². The molecule has 0 aliphatic rings. The summed E-state index contributed by atoms with van der Waals surface area (Å²) in [7, 11) is 0. The van der Waals surface area contributed by atoms with Crippen molar-refractivity contribution in [2.75, 3.05) is 12.4 Å². The Labute approximate surface area is 168 Å². The van der Waals surface area contributed by atoms with Gasteiger partial charge in [0.05, 0.1) is 23.3 Å². The lowest BCUT2D eigenvalue weighted by atomic mass is 10.2. The molecule has 0 N–H and O–H groups in total. The minimum atomic E-state index is -0.268. The van der Waals surface area contributed by atoms with E-state index in [4.69, 9.17) is 4.74 Å². The number of para-hydroxylation sites is 1. The van der Waals surface area contributed by atoms with Crippen LogP contribution in [0.3, 0.4) is 0 Å². The number of fused-ring (bicyclic) bond motifs is 3. The van der Waals surface area contributed by atoms with Crippen LogP contribution in [0.4, 0.5) is 0 Å². The van der Waals surface area contributed by atoms with Gasteiger partial charge in [0.25, 0.3) is 5.56 Å². The second-order valence-electron chi connectivity index (χ2n) is 6.66. The number of ether oxygens (including phenoxy) is 1. The molecule has 0 radical (unpaired) electrons. The van der Waals surface area contributed by atoms with Gasteiger partial charge < -0.3 is 4.74 Å². The zero-order valence-corrected chi connectivity index (χ0v) is 17.2. The fourth-order valence-corrected chi connectivity index (χ4v) is 3.78. The van der Waals surface area contributed by atoms with Crippen LogP contribution in [0.2, 0.25) is 0 Å². The van der Waals surface area contributed by atoms with E-state index in [-0.39, 0.29) is 17.3 Å². The largest absolute Gasteiger partial charge is 0.465 e. The molecule has 0 spiro atoms. The number of carbonyl (C=O) groups is 1. The fraction of sp³-hybridized carbons (Fsp3) is 0.500. The summed E-state index contributed by atoms with van der Waals surface area (Å²) in [5.74, 6) is 0.408. The first-order chi connectivity index (χ1) is 13.7.